The Morgan fingerprint density at radius 3 is 2.55 bits per heavy atom. The lowest BCUT2D eigenvalue weighted by atomic mass is 10.0. The van der Waals surface area contributed by atoms with E-state index in [0.29, 0.717) is 19.0 Å². The van der Waals surface area contributed by atoms with Crippen molar-refractivity contribution in [2.75, 3.05) is 13.1 Å². The molecule has 0 aliphatic heterocycles. The maximum Gasteiger partial charge on any atom is 0.243 e. The van der Waals surface area contributed by atoms with Crippen molar-refractivity contribution in [2.45, 2.75) is 31.1 Å². The first-order valence-electron chi connectivity index (χ1n) is 6.55. The van der Waals surface area contributed by atoms with Crippen LogP contribution < -0.4 is 10.5 Å². The average Bonchev–Trinajstić information content (AvgIpc) is 2.36. The lowest BCUT2D eigenvalue weighted by Crippen LogP contribution is -2.31. The molecule has 0 bridgehead atoms. The zero-order valence-corrected chi connectivity index (χ0v) is 12.2. The molecule has 4 nitrogen and oxygen atoms in total. The van der Waals surface area contributed by atoms with E-state index >= 15 is 0 Å². The quantitative estimate of drug-likeness (QED) is 0.771. The summed E-state index contributed by atoms with van der Waals surface area (Å²) in [5.41, 5.74) is 5.47. The highest BCUT2D eigenvalue weighted by molar-refractivity contribution is 7.89. The summed E-state index contributed by atoms with van der Waals surface area (Å²) in [7, 11) is -3.97. The molecular formula is C13H20F2N2O2S. The van der Waals surface area contributed by atoms with Gasteiger partial charge in [-0.15, -0.1) is 0 Å². The van der Waals surface area contributed by atoms with Crippen LogP contribution >= 0.6 is 0 Å². The van der Waals surface area contributed by atoms with E-state index in [9.17, 15) is 17.2 Å². The first-order valence-corrected chi connectivity index (χ1v) is 8.03. The monoisotopic (exact) mass is 306 g/mol. The Bertz CT molecular complexity index is 529. The van der Waals surface area contributed by atoms with Crippen molar-refractivity contribution < 1.29 is 17.2 Å². The second kappa shape index (κ2) is 7.66. The zero-order valence-electron chi connectivity index (χ0n) is 11.4. The van der Waals surface area contributed by atoms with Gasteiger partial charge in [0, 0.05) is 12.6 Å². The van der Waals surface area contributed by atoms with Gasteiger partial charge in [-0.2, -0.15) is 0 Å². The summed E-state index contributed by atoms with van der Waals surface area (Å²) >= 11 is 0. The molecule has 1 aromatic carbocycles. The van der Waals surface area contributed by atoms with Crippen LogP contribution in [0.15, 0.2) is 23.1 Å². The van der Waals surface area contributed by atoms with Gasteiger partial charge >= 0.3 is 0 Å². The number of sulfonamides is 1. The van der Waals surface area contributed by atoms with Gasteiger partial charge in [0.25, 0.3) is 0 Å². The van der Waals surface area contributed by atoms with E-state index in [1.165, 1.54) is 0 Å². The largest absolute Gasteiger partial charge is 0.330 e. The van der Waals surface area contributed by atoms with Gasteiger partial charge in [-0.05, 0) is 37.4 Å². The van der Waals surface area contributed by atoms with Crippen molar-refractivity contribution >= 4 is 10.0 Å². The van der Waals surface area contributed by atoms with E-state index in [2.05, 4.69) is 4.72 Å². The molecule has 0 heterocycles. The minimum Gasteiger partial charge on any atom is -0.330 e. The van der Waals surface area contributed by atoms with Gasteiger partial charge < -0.3 is 5.73 Å². The highest BCUT2D eigenvalue weighted by Gasteiger charge is 2.20. The Morgan fingerprint density at radius 2 is 2.00 bits per heavy atom. The van der Waals surface area contributed by atoms with Crippen LogP contribution in [0.5, 0.6) is 0 Å². The van der Waals surface area contributed by atoms with Crippen molar-refractivity contribution in [3.05, 3.63) is 29.8 Å². The molecule has 0 saturated heterocycles. The molecule has 7 heteroatoms. The van der Waals surface area contributed by atoms with E-state index in [1.54, 1.807) is 0 Å². The molecule has 0 aromatic heterocycles. The topological polar surface area (TPSA) is 72.2 Å². The van der Waals surface area contributed by atoms with Crippen LogP contribution in [0.25, 0.3) is 0 Å². The molecule has 0 fully saturated rings. The Hall–Kier alpha value is -1.05. The summed E-state index contributed by atoms with van der Waals surface area (Å²) in [6.07, 6.45) is 2.45. The normalized spacial score (nSPS) is 13.4. The van der Waals surface area contributed by atoms with Gasteiger partial charge in [-0.25, -0.2) is 21.9 Å². The Kier molecular flexibility index (Phi) is 6.51. The minimum atomic E-state index is -3.97. The predicted octanol–water partition coefficient (Wildman–Crippen LogP) is 2.01. The summed E-state index contributed by atoms with van der Waals surface area (Å²) in [4.78, 5) is -0.540. The van der Waals surface area contributed by atoms with Gasteiger partial charge in [-0.3, -0.25) is 0 Å². The number of benzene rings is 1. The van der Waals surface area contributed by atoms with Gasteiger partial charge in [0.05, 0.1) is 0 Å². The molecule has 0 aliphatic rings. The lowest BCUT2D eigenvalue weighted by molar-refractivity contribution is 0.442. The molecule has 3 N–H and O–H groups in total. The Balaban J connectivity index is 2.78. The summed E-state index contributed by atoms with van der Waals surface area (Å²) in [5.74, 6) is -1.79. The lowest BCUT2D eigenvalue weighted by Gasteiger charge is -2.16. The van der Waals surface area contributed by atoms with Gasteiger partial charge in [0.15, 0.2) is 0 Å². The van der Waals surface area contributed by atoms with Crippen molar-refractivity contribution in [3.63, 3.8) is 0 Å². The molecule has 0 spiro atoms. The Labute approximate surface area is 118 Å². The second-order valence-electron chi connectivity index (χ2n) is 4.66. The van der Waals surface area contributed by atoms with E-state index in [-0.39, 0.29) is 12.5 Å². The molecule has 1 rings (SSSR count). The molecule has 1 unspecified atom stereocenters. The maximum atomic E-state index is 13.5. The minimum absolute atomic E-state index is 0.114. The number of rotatable bonds is 8. The van der Waals surface area contributed by atoms with Crippen LogP contribution in [-0.4, -0.2) is 21.5 Å². The number of hydrogen-bond acceptors (Lipinski definition) is 3. The van der Waals surface area contributed by atoms with Gasteiger partial charge in [-0.1, -0.05) is 13.3 Å². The van der Waals surface area contributed by atoms with Crippen molar-refractivity contribution in [1.29, 1.82) is 0 Å². The molecule has 1 aromatic rings. The third-order valence-corrected chi connectivity index (χ3v) is 4.47. The number of hydrogen-bond donors (Lipinski definition) is 2. The summed E-state index contributed by atoms with van der Waals surface area (Å²) in [6.45, 7) is 2.67. The Morgan fingerprint density at radius 1 is 1.30 bits per heavy atom. The number of halogens is 2. The third kappa shape index (κ3) is 4.81. The number of nitrogens with one attached hydrogen (secondary N) is 1. The molecule has 1 atom stereocenters. The fraction of sp³-hybridized carbons (Fsp3) is 0.538. The van der Waals surface area contributed by atoms with Crippen molar-refractivity contribution in [3.8, 4) is 0 Å². The fourth-order valence-electron chi connectivity index (χ4n) is 1.99. The van der Waals surface area contributed by atoms with Crippen LogP contribution in [0.1, 0.15) is 26.2 Å². The first kappa shape index (κ1) is 17.0. The molecule has 0 aliphatic carbocycles. The average molecular weight is 306 g/mol. The van der Waals surface area contributed by atoms with Crippen LogP contribution in [0.4, 0.5) is 8.78 Å². The summed E-state index contributed by atoms with van der Waals surface area (Å²) in [5, 5.41) is 0. The van der Waals surface area contributed by atoms with E-state index in [4.69, 9.17) is 5.73 Å². The van der Waals surface area contributed by atoms with E-state index in [0.717, 1.165) is 25.0 Å². The number of nitrogens with two attached hydrogens (primary N) is 1. The third-order valence-electron chi connectivity index (χ3n) is 3.02. The molecule has 0 amide bonds. The SMILES string of the molecule is CCCC(CCN)CNS(=O)(=O)c1ccc(F)cc1F. The second-order valence-corrected chi connectivity index (χ2v) is 6.39. The highest BCUT2D eigenvalue weighted by atomic mass is 32.2. The summed E-state index contributed by atoms with van der Waals surface area (Å²) < 4.78 is 52.6. The van der Waals surface area contributed by atoms with Gasteiger partial charge in [0.2, 0.25) is 10.0 Å². The standard InChI is InChI=1S/C13H20F2N2O2S/c1-2-3-10(6-7-16)9-17-20(18,19)13-5-4-11(14)8-12(13)15/h4-5,8,10,17H,2-3,6-7,9,16H2,1H3. The molecule has 0 saturated carbocycles. The zero-order chi connectivity index (χ0) is 15.2. The van der Waals surface area contributed by atoms with Crippen molar-refractivity contribution in [2.24, 2.45) is 11.7 Å². The van der Waals surface area contributed by atoms with Crippen LogP contribution in [-0.2, 0) is 10.0 Å². The predicted molar refractivity (Wildman–Crippen MR) is 73.6 cm³/mol. The van der Waals surface area contributed by atoms with Gasteiger partial charge in [0.1, 0.15) is 16.5 Å². The molecule has 0 radical (unpaired) electrons. The molecular weight excluding hydrogens is 286 g/mol. The van der Waals surface area contributed by atoms with E-state index in [1.807, 2.05) is 6.92 Å². The van der Waals surface area contributed by atoms with Crippen LogP contribution in [0.3, 0.4) is 0 Å². The fourth-order valence-corrected chi connectivity index (χ4v) is 3.16. The summed E-state index contributed by atoms with van der Waals surface area (Å²) in [6, 6.07) is 2.39. The van der Waals surface area contributed by atoms with E-state index < -0.39 is 26.6 Å². The van der Waals surface area contributed by atoms with Crippen LogP contribution in [0.2, 0.25) is 0 Å². The molecule has 20 heavy (non-hydrogen) atoms. The highest BCUT2D eigenvalue weighted by Crippen LogP contribution is 2.16. The van der Waals surface area contributed by atoms with Crippen LogP contribution in [0, 0.1) is 17.6 Å². The van der Waals surface area contributed by atoms with Crippen molar-refractivity contribution in [1.82, 2.24) is 4.72 Å². The molecule has 114 valence electrons. The smallest absolute Gasteiger partial charge is 0.243 e. The first-order chi connectivity index (χ1) is 9.40. The maximum absolute atomic E-state index is 13.5.